The van der Waals surface area contributed by atoms with Crippen LogP contribution < -0.4 is 4.90 Å². The van der Waals surface area contributed by atoms with E-state index in [0.29, 0.717) is 5.02 Å². The van der Waals surface area contributed by atoms with Gasteiger partial charge in [0.1, 0.15) is 5.82 Å². The highest BCUT2D eigenvalue weighted by atomic mass is 79.9. The molecule has 82 valence electrons. The predicted molar refractivity (Wildman–Crippen MR) is 67.5 cm³/mol. The molecule has 1 aromatic rings. The molecule has 0 radical (unpaired) electrons. The van der Waals surface area contributed by atoms with E-state index in [2.05, 4.69) is 39.7 Å². The summed E-state index contributed by atoms with van der Waals surface area (Å²) < 4.78 is 0.983. The van der Waals surface area contributed by atoms with E-state index >= 15 is 0 Å². The summed E-state index contributed by atoms with van der Waals surface area (Å²) in [7, 11) is 0. The zero-order valence-electron chi connectivity index (χ0n) is 8.87. The lowest BCUT2D eigenvalue weighted by atomic mass is 10.0. The molecule has 15 heavy (non-hydrogen) atoms. The van der Waals surface area contributed by atoms with Gasteiger partial charge >= 0.3 is 0 Å². The van der Waals surface area contributed by atoms with Crippen molar-refractivity contribution in [3.8, 4) is 0 Å². The van der Waals surface area contributed by atoms with Crippen LogP contribution in [0.3, 0.4) is 0 Å². The van der Waals surface area contributed by atoms with Gasteiger partial charge < -0.3 is 4.90 Å². The lowest BCUT2D eigenvalue weighted by molar-refractivity contribution is 0.494. The standard InChI is InChI=1S/C11H14BrClN2/c1-7-5-15(6-8(7)2)11-10(12)3-9(13)4-14-11/h3-4,7-8H,5-6H2,1-2H3. The number of nitrogens with zero attached hydrogens (tertiary/aromatic N) is 2. The molecule has 1 aliphatic heterocycles. The van der Waals surface area contributed by atoms with E-state index in [1.54, 1.807) is 6.20 Å². The van der Waals surface area contributed by atoms with Gasteiger partial charge in [-0.25, -0.2) is 4.98 Å². The number of hydrogen-bond acceptors (Lipinski definition) is 2. The Hall–Kier alpha value is -0.280. The Kier molecular flexibility index (Phi) is 3.21. The molecule has 0 spiro atoms. The van der Waals surface area contributed by atoms with Crippen molar-refractivity contribution in [3.05, 3.63) is 21.8 Å². The molecule has 1 saturated heterocycles. The summed E-state index contributed by atoms with van der Waals surface area (Å²) in [4.78, 5) is 6.69. The first-order chi connectivity index (χ1) is 7.08. The smallest absolute Gasteiger partial charge is 0.142 e. The lowest BCUT2D eigenvalue weighted by Crippen LogP contribution is -2.21. The summed E-state index contributed by atoms with van der Waals surface area (Å²) in [6, 6.07) is 1.90. The minimum atomic E-state index is 0.672. The van der Waals surface area contributed by atoms with E-state index in [1.165, 1.54) is 0 Å². The zero-order valence-corrected chi connectivity index (χ0v) is 11.2. The second kappa shape index (κ2) is 4.30. The summed E-state index contributed by atoms with van der Waals surface area (Å²) in [5, 5.41) is 0.672. The largest absolute Gasteiger partial charge is 0.355 e. The molecule has 0 amide bonds. The highest BCUT2D eigenvalue weighted by Gasteiger charge is 2.27. The molecule has 0 saturated carbocycles. The highest BCUT2D eigenvalue weighted by molar-refractivity contribution is 9.10. The molecule has 0 aliphatic carbocycles. The second-order valence-corrected chi connectivity index (χ2v) is 5.61. The van der Waals surface area contributed by atoms with Gasteiger partial charge in [-0.2, -0.15) is 0 Å². The summed E-state index contributed by atoms with van der Waals surface area (Å²) in [6.45, 7) is 6.73. The van der Waals surface area contributed by atoms with Crippen LogP contribution >= 0.6 is 27.5 Å². The molecule has 2 rings (SSSR count). The molecular formula is C11H14BrClN2. The molecule has 1 aromatic heterocycles. The minimum Gasteiger partial charge on any atom is -0.355 e. The third-order valence-corrected chi connectivity index (χ3v) is 3.87. The number of anilines is 1. The summed E-state index contributed by atoms with van der Waals surface area (Å²) in [6.07, 6.45) is 1.70. The SMILES string of the molecule is CC1CN(c2ncc(Cl)cc2Br)CC1C. The summed E-state index contributed by atoms with van der Waals surface area (Å²) in [5.74, 6) is 2.47. The van der Waals surface area contributed by atoms with Gasteiger partial charge in [0.15, 0.2) is 0 Å². The number of rotatable bonds is 1. The van der Waals surface area contributed by atoms with Gasteiger partial charge in [0.05, 0.1) is 9.50 Å². The van der Waals surface area contributed by atoms with Crippen molar-refractivity contribution in [2.45, 2.75) is 13.8 Å². The number of halogens is 2. The Balaban J connectivity index is 2.24. The van der Waals surface area contributed by atoms with Crippen LogP contribution in [0.4, 0.5) is 5.82 Å². The average molecular weight is 290 g/mol. The normalized spacial score (nSPS) is 26.0. The number of hydrogen-bond donors (Lipinski definition) is 0. The van der Waals surface area contributed by atoms with Crippen LogP contribution in [0.25, 0.3) is 0 Å². The highest BCUT2D eigenvalue weighted by Crippen LogP contribution is 2.32. The van der Waals surface area contributed by atoms with Gasteiger partial charge in [0.2, 0.25) is 0 Å². The maximum Gasteiger partial charge on any atom is 0.142 e. The fourth-order valence-electron chi connectivity index (χ4n) is 1.94. The zero-order chi connectivity index (χ0) is 11.0. The fourth-order valence-corrected chi connectivity index (χ4v) is 2.83. The maximum atomic E-state index is 5.87. The van der Waals surface area contributed by atoms with Gasteiger partial charge in [-0.3, -0.25) is 0 Å². The minimum absolute atomic E-state index is 0.672. The van der Waals surface area contributed by atoms with Crippen molar-refractivity contribution < 1.29 is 0 Å². The van der Waals surface area contributed by atoms with E-state index < -0.39 is 0 Å². The molecule has 1 aliphatic rings. The monoisotopic (exact) mass is 288 g/mol. The van der Waals surface area contributed by atoms with Crippen LogP contribution in [0, 0.1) is 11.8 Å². The van der Waals surface area contributed by atoms with Gasteiger partial charge in [-0.15, -0.1) is 0 Å². The summed E-state index contributed by atoms with van der Waals surface area (Å²) >= 11 is 9.38. The van der Waals surface area contributed by atoms with Crippen LogP contribution in [0.2, 0.25) is 5.02 Å². The molecule has 2 unspecified atom stereocenters. The van der Waals surface area contributed by atoms with Crippen LogP contribution in [0.15, 0.2) is 16.7 Å². The van der Waals surface area contributed by atoms with Crippen molar-refractivity contribution in [1.29, 1.82) is 0 Å². The van der Waals surface area contributed by atoms with E-state index in [1.807, 2.05) is 6.07 Å². The topological polar surface area (TPSA) is 16.1 Å². The van der Waals surface area contributed by atoms with E-state index in [-0.39, 0.29) is 0 Å². The first-order valence-corrected chi connectivity index (χ1v) is 6.31. The van der Waals surface area contributed by atoms with E-state index in [4.69, 9.17) is 11.6 Å². The second-order valence-electron chi connectivity index (χ2n) is 4.32. The Morgan fingerprint density at radius 2 is 2.00 bits per heavy atom. The molecular weight excluding hydrogens is 275 g/mol. The van der Waals surface area contributed by atoms with Gasteiger partial charge in [0, 0.05) is 19.3 Å². The van der Waals surface area contributed by atoms with Crippen molar-refractivity contribution in [2.75, 3.05) is 18.0 Å². The quantitative estimate of drug-likeness (QED) is 0.785. The average Bonchev–Trinajstić information content (AvgIpc) is 2.46. The van der Waals surface area contributed by atoms with Crippen molar-refractivity contribution in [3.63, 3.8) is 0 Å². The van der Waals surface area contributed by atoms with E-state index in [9.17, 15) is 0 Å². The predicted octanol–water partition coefficient (Wildman–Crippen LogP) is 3.59. The van der Waals surface area contributed by atoms with Crippen LogP contribution in [-0.2, 0) is 0 Å². The number of pyridine rings is 1. The Labute approximate surface area is 104 Å². The fraction of sp³-hybridized carbons (Fsp3) is 0.545. The van der Waals surface area contributed by atoms with Gasteiger partial charge in [-0.05, 0) is 33.8 Å². The number of aromatic nitrogens is 1. The molecule has 2 nitrogen and oxygen atoms in total. The van der Waals surface area contributed by atoms with Gasteiger partial charge in [0.25, 0.3) is 0 Å². The first kappa shape index (κ1) is 11.2. The molecule has 2 heterocycles. The van der Waals surface area contributed by atoms with Crippen LogP contribution in [0.1, 0.15) is 13.8 Å². The van der Waals surface area contributed by atoms with Crippen molar-refractivity contribution in [1.82, 2.24) is 4.98 Å². The van der Waals surface area contributed by atoms with Gasteiger partial charge in [-0.1, -0.05) is 25.4 Å². The Morgan fingerprint density at radius 1 is 1.40 bits per heavy atom. The Bertz CT molecular complexity index is 360. The molecule has 1 fully saturated rings. The molecule has 4 heteroatoms. The third-order valence-electron chi connectivity index (χ3n) is 3.08. The Morgan fingerprint density at radius 3 is 2.53 bits per heavy atom. The molecule has 2 atom stereocenters. The summed E-state index contributed by atoms with van der Waals surface area (Å²) in [5.41, 5.74) is 0. The van der Waals surface area contributed by atoms with Crippen LogP contribution in [0.5, 0.6) is 0 Å². The molecule has 0 bridgehead atoms. The molecule has 0 N–H and O–H groups in total. The third kappa shape index (κ3) is 2.28. The van der Waals surface area contributed by atoms with Crippen molar-refractivity contribution >= 4 is 33.3 Å². The molecule has 0 aromatic carbocycles. The van der Waals surface area contributed by atoms with E-state index in [0.717, 1.165) is 35.2 Å². The lowest BCUT2D eigenvalue weighted by Gasteiger charge is -2.18. The first-order valence-electron chi connectivity index (χ1n) is 5.14. The maximum absolute atomic E-state index is 5.87. The van der Waals surface area contributed by atoms with Crippen LogP contribution in [-0.4, -0.2) is 18.1 Å². The van der Waals surface area contributed by atoms with Crippen molar-refractivity contribution in [2.24, 2.45) is 11.8 Å².